The van der Waals surface area contributed by atoms with Gasteiger partial charge < -0.3 is 15.3 Å². The second-order valence-electron chi connectivity index (χ2n) is 7.78. The van der Waals surface area contributed by atoms with Crippen molar-refractivity contribution in [3.63, 3.8) is 0 Å². The van der Waals surface area contributed by atoms with E-state index in [0.717, 1.165) is 21.7 Å². The van der Waals surface area contributed by atoms with Crippen molar-refractivity contribution >= 4 is 50.4 Å². The van der Waals surface area contributed by atoms with Crippen LogP contribution >= 0.6 is 11.8 Å². The van der Waals surface area contributed by atoms with Gasteiger partial charge in [-0.2, -0.15) is 4.58 Å². The molecule has 0 saturated heterocycles. The summed E-state index contributed by atoms with van der Waals surface area (Å²) in [6, 6.07) is 17.8. The van der Waals surface area contributed by atoms with Crippen LogP contribution < -0.4 is 20.6 Å². The van der Waals surface area contributed by atoms with Crippen LogP contribution in [0, 0.1) is 0 Å². The van der Waals surface area contributed by atoms with Crippen molar-refractivity contribution in [2.45, 2.75) is 12.8 Å². The molecule has 0 fully saturated rings. The highest BCUT2D eigenvalue weighted by Gasteiger charge is 2.22. The lowest BCUT2D eigenvalue weighted by molar-refractivity contribution is 0.0518. The molecule has 4 aromatic rings. The van der Waals surface area contributed by atoms with Gasteiger partial charge in [-0.1, -0.05) is 47.7 Å². The quantitative estimate of drug-likeness (QED) is 0.247. The summed E-state index contributed by atoms with van der Waals surface area (Å²) >= 11 is 5.99. The highest BCUT2D eigenvalue weighted by Crippen LogP contribution is 2.41. The number of hydrogen-bond acceptors (Lipinski definition) is 7. The number of aromatic hydroxyl groups is 1. The van der Waals surface area contributed by atoms with E-state index in [-0.39, 0.29) is 11.4 Å². The van der Waals surface area contributed by atoms with Crippen LogP contribution in [0.25, 0.3) is 32.9 Å². The first kappa shape index (κ1) is 21.2. The number of anilines is 1. The van der Waals surface area contributed by atoms with Gasteiger partial charge in [0.15, 0.2) is 5.75 Å². The normalized spacial score (nSPS) is 15.1. The summed E-state index contributed by atoms with van der Waals surface area (Å²) in [4.78, 5) is 5.59. The molecule has 0 heterocycles. The molecule has 1 aliphatic rings. The Hall–Kier alpha value is -3.65. The smallest absolute Gasteiger partial charge is 0.158 e. The molecule has 168 valence electrons. The number of halogens is 1. The molecule has 0 aromatic heterocycles. The van der Waals surface area contributed by atoms with E-state index in [1.165, 1.54) is 6.07 Å². The third-order valence-electron chi connectivity index (χ3n) is 5.96. The average Bonchev–Trinajstić information content (AvgIpc) is 2.80. The lowest BCUT2D eigenvalue weighted by Crippen LogP contribution is -2.23. The summed E-state index contributed by atoms with van der Waals surface area (Å²) in [7, 11) is 1.87. The van der Waals surface area contributed by atoms with Gasteiger partial charge in [0.05, 0.1) is 5.70 Å². The van der Waals surface area contributed by atoms with Gasteiger partial charge in [-0.15, -0.1) is 0 Å². The van der Waals surface area contributed by atoms with Crippen LogP contribution in [0.5, 0.6) is 11.5 Å². The Morgan fingerprint density at radius 3 is 2.45 bits per heavy atom. The fraction of sp³-hybridized carbons (Fsp3) is 0.120. The van der Waals surface area contributed by atoms with Crippen LogP contribution in [0.3, 0.4) is 0 Å². The molecule has 0 bridgehead atoms. The summed E-state index contributed by atoms with van der Waals surface area (Å²) in [5.41, 5.74) is 2.45. The van der Waals surface area contributed by atoms with Crippen LogP contribution in [0.1, 0.15) is 18.4 Å². The van der Waals surface area contributed by atoms with E-state index in [2.05, 4.69) is 5.32 Å². The van der Waals surface area contributed by atoms with Crippen LogP contribution in [-0.2, 0) is 0 Å². The second-order valence-corrected chi connectivity index (χ2v) is 8.10. The summed E-state index contributed by atoms with van der Waals surface area (Å²) in [6.07, 6.45) is 3.26. The number of benzene rings is 4. The van der Waals surface area contributed by atoms with Crippen LogP contribution in [0.2, 0.25) is 0 Å². The molecule has 0 spiro atoms. The molecule has 0 aliphatic heterocycles. The van der Waals surface area contributed by atoms with E-state index in [1.54, 1.807) is 24.3 Å². The fourth-order valence-electron chi connectivity index (χ4n) is 4.49. The number of nitrogens with one attached hydrogen (secondary N) is 1. The lowest BCUT2D eigenvalue weighted by Gasteiger charge is -2.23. The van der Waals surface area contributed by atoms with E-state index >= 15 is 0 Å². The zero-order valence-electron chi connectivity index (χ0n) is 17.8. The lowest BCUT2D eigenvalue weighted by atomic mass is 9.90. The molecule has 8 heteroatoms. The molecule has 0 atom stereocenters. The van der Waals surface area contributed by atoms with Crippen LogP contribution in [0.15, 0.2) is 66.7 Å². The maximum Gasteiger partial charge on any atom is 0.158 e. The van der Waals surface area contributed by atoms with E-state index in [4.69, 9.17) is 16.6 Å². The number of phenolic OH excluding ortho intramolecular Hbond substituents is 1. The number of rotatable bonds is 5. The Morgan fingerprint density at radius 2 is 1.73 bits per heavy atom. The molecular formula is C25H22ClN3O4. The van der Waals surface area contributed by atoms with Gasteiger partial charge in [0, 0.05) is 62.9 Å². The minimum absolute atomic E-state index is 0.0118. The molecule has 33 heavy (non-hydrogen) atoms. The van der Waals surface area contributed by atoms with Gasteiger partial charge in [0.2, 0.25) is 0 Å². The number of hydroxylamine groups is 1. The third kappa shape index (κ3) is 3.56. The Kier molecular flexibility index (Phi) is 5.38. The van der Waals surface area contributed by atoms with Gasteiger partial charge in [0.25, 0.3) is 0 Å². The zero-order valence-corrected chi connectivity index (χ0v) is 18.5. The highest BCUT2D eigenvalue weighted by atomic mass is 35.5. The Balaban J connectivity index is 1.85. The SMILES string of the molecule is CN/C1=c2\ccc3c(O)cc(N(O)Oc4ccccc4)c4ccc(c2c34)C(N(O)Cl)=CCC1. The fourth-order valence-corrected chi connectivity index (χ4v) is 4.65. The molecule has 0 radical (unpaired) electrons. The van der Waals surface area contributed by atoms with Gasteiger partial charge >= 0.3 is 0 Å². The molecule has 0 saturated carbocycles. The average molecular weight is 464 g/mol. The van der Waals surface area contributed by atoms with Crippen molar-refractivity contribution in [3.05, 3.63) is 77.5 Å². The molecule has 1 aliphatic carbocycles. The standard InChI is InChI=1S/C25H22ClN3O4/c1-27-20-8-5-9-21(28(26)31)17-11-12-18-22(29(32)33-15-6-3-2-4-7-15)14-23(30)19-13-10-16(20)24(17)25(18)19/h2-4,6-7,9-14,27,30-32H,5,8H2,1H3/b20-16+,21-9?. The summed E-state index contributed by atoms with van der Waals surface area (Å²) < 4.78 is 0.595. The van der Waals surface area contributed by atoms with Gasteiger partial charge in [-0.25, -0.2) is 0 Å². The van der Waals surface area contributed by atoms with Crippen molar-refractivity contribution in [1.82, 2.24) is 9.90 Å². The van der Waals surface area contributed by atoms with Crippen LogP contribution in [0.4, 0.5) is 5.69 Å². The molecule has 4 N–H and O–H groups in total. The van der Waals surface area contributed by atoms with Crippen molar-refractivity contribution in [2.75, 3.05) is 12.3 Å². The predicted octanol–water partition coefficient (Wildman–Crippen LogP) is 4.91. The monoisotopic (exact) mass is 463 g/mol. The van der Waals surface area contributed by atoms with Crippen molar-refractivity contribution in [3.8, 4) is 11.5 Å². The maximum absolute atomic E-state index is 10.9. The second kappa shape index (κ2) is 8.37. The van der Waals surface area contributed by atoms with E-state index in [1.807, 2.05) is 43.5 Å². The van der Waals surface area contributed by atoms with Crippen molar-refractivity contribution < 1.29 is 20.4 Å². The minimum atomic E-state index is -0.0118. The molecule has 5 rings (SSSR count). The minimum Gasteiger partial charge on any atom is -0.507 e. The summed E-state index contributed by atoms with van der Waals surface area (Å²) in [5.74, 6) is 0.429. The first-order chi connectivity index (χ1) is 16.0. The predicted molar refractivity (Wildman–Crippen MR) is 129 cm³/mol. The zero-order chi connectivity index (χ0) is 23.1. The van der Waals surface area contributed by atoms with E-state index in [9.17, 15) is 15.5 Å². The molecule has 4 aromatic carbocycles. The molecule has 0 amide bonds. The van der Waals surface area contributed by atoms with E-state index in [0.29, 0.717) is 50.4 Å². The van der Waals surface area contributed by atoms with Crippen molar-refractivity contribution in [2.24, 2.45) is 0 Å². The Bertz CT molecular complexity index is 1440. The van der Waals surface area contributed by atoms with Crippen LogP contribution in [-0.4, -0.2) is 27.2 Å². The Morgan fingerprint density at radius 1 is 0.970 bits per heavy atom. The highest BCUT2D eigenvalue weighted by molar-refractivity contribution is 6.21. The molecular weight excluding hydrogens is 442 g/mol. The Labute approximate surface area is 194 Å². The number of phenols is 1. The number of nitrogens with zero attached hydrogens (tertiary/aromatic N) is 2. The maximum atomic E-state index is 10.9. The summed E-state index contributed by atoms with van der Waals surface area (Å²) in [5, 5.41) is 39.5. The largest absolute Gasteiger partial charge is 0.507 e. The van der Waals surface area contributed by atoms with Gasteiger partial charge in [-0.05, 0) is 31.0 Å². The van der Waals surface area contributed by atoms with Crippen molar-refractivity contribution in [1.29, 1.82) is 0 Å². The topological polar surface area (TPSA) is 88.4 Å². The number of allylic oxidation sites excluding steroid dienone is 1. The van der Waals surface area contributed by atoms with Gasteiger partial charge in [-0.3, -0.25) is 10.4 Å². The molecule has 0 unspecified atom stereocenters. The molecule has 7 nitrogen and oxygen atoms in total. The van der Waals surface area contributed by atoms with E-state index < -0.39 is 0 Å². The first-order valence-corrected chi connectivity index (χ1v) is 10.8. The number of hydrogen-bond donors (Lipinski definition) is 4. The number of para-hydroxylation sites is 1. The summed E-state index contributed by atoms with van der Waals surface area (Å²) in [6.45, 7) is 0. The van der Waals surface area contributed by atoms with Gasteiger partial charge in [0.1, 0.15) is 11.4 Å². The third-order valence-corrected chi connectivity index (χ3v) is 6.14. The first-order valence-electron chi connectivity index (χ1n) is 10.5.